The lowest BCUT2D eigenvalue weighted by Crippen LogP contribution is -2.02. The second-order valence-corrected chi connectivity index (χ2v) is 5.82. The van der Waals surface area contributed by atoms with Gasteiger partial charge in [0.1, 0.15) is 0 Å². The SMILES string of the molecule is Cc1cc(C)cc(C(O)Cc2ccc3ccccc3c2)c1. The van der Waals surface area contributed by atoms with Crippen molar-refractivity contribution >= 4 is 10.8 Å². The van der Waals surface area contributed by atoms with Crippen LogP contribution in [0.5, 0.6) is 0 Å². The van der Waals surface area contributed by atoms with Crippen molar-refractivity contribution in [2.75, 3.05) is 0 Å². The van der Waals surface area contributed by atoms with Crippen molar-refractivity contribution in [3.05, 3.63) is 82.9 Å². The largest absolute Gasteiger partial charge is 0.388 e. The summed E-state index contributed by atoms with van der Waals surface area (Å²) in [6.07, 6.45) is 0.193. The smallest absolute Gasteiger partial charge is 0.0830 e. The minimum absolute atomic E-state index is 0.454. The Morgan fingerprint density at radius 2 is 1.48 bits per heavy atom. The zero-order chi connectivity index (χ0) is 14.8. The maximum absolute atomic E-state index is 10.5. The van der Waals surface area contributed by atoms with E-state index in [0.29, 0.717) is 6.42 Å². The minimum atomic E-state index is -0.454. The van der Waals surface area contributed by atoms with Gasteiger partial charge in [-0.15, -0.1) is 0 Å². The lowest BCUT2D eigenvalue weighted by Gasteiger charge is -2.13. The molecule has 0 saturated heterocycles. The van der Waals surface area contributed by atoms with E-state index in [4.69, 9.17) is 0 Å². The average Bonchev–Trinajstić information content (AvgIpc) is 2.46. The maximum Gasteiger partial charge on any atom is 0.0830 e. The Kier molecular flexibility index (Phi) is 3.76. The second-order valence-electron chi connectivity index (χ2n) is 5.82. The van der Waals surface area contributed by atoms with Crippen LogP contribution in [0.3, 0.4) is 0 Å². The summed E-state index contributed by atoms with van der Waals surface area (Å²) in [5, 5.41) is 13.0. The highest BCUT2D eigenvalue weighted by atomic mass is 16.3. The third kappa shape index (κ3) is 3.14. The van der Waals surface area contributed by atoms with E-state index in [1.54, 1.807) is 0 Å². The molecule has 3 rings (SSSR count). The summed E-state index contributed by atoms with van der Waals surface area (Å²) in [5.41, 5.74) is 4.56. The van der Waals surface area contributed by atoms with E-state index in [0.717, 1.165) is 5.56 Å². The number of hydrogen-bond donors (Lipinski definition) is 1. The number of aliphatic hydroxyl groups excluding tert-OH is 1. The summed E-state index contributed by atoms with van der Waals surface area (Å²) in [5.74, 6) is 0. The van der Waals surface area contributed by atoms with Gasteiger partial charge in [-0.25, -0.2) is 0 Å². The number of benzene rings is 3. The van der Waals surface area contributed by atoms with Gasteiger partial charge in [-0.1, -0.05) is 71.8 Å². The van der Waals surface area contributed by atoms with Crippen LogP contribution in [0.25, 0.3) is 10.8 Å². The molecule has 0 spiro atoms. The number of aryl methyl sites for hydroxylation is 2. The predicted molar refractivity (Wildman–Crippen MR) is 88.5 cm³/mol. The zero-order valence-corrected chi connectivity index (χ0v) is 12.5. The molecule has 106 valence electrons. The van der Waals surface area contributed by atoms with Crippen molar-refractivity contribution in [1.82, 2.24) is 0 Å². The van der Waals surface area contributed by atoms with Gasteiger partial charge in [0, 0.05) is 6.42 Å². The van der Waals surface area contributed by atoms with E-state index in [2.05, 4.69) is 62.4 Å². The molecule has 1 heteroatoms. The summed E-state index contributed by atoms with van der Waals surface area (Å²) in [7, 11) is 0. The molecule has 1 N–H and O–H groups in total. The first-order valence-electron chi connectivity index (χ1n) is 7.36. The highest BCUT2D eigenvalue weighted by Crippen LogP contribution is 2.23. The standard InChI is InChI=1S/C20H20O/c1-14-9-15(2)11-19(10-14)20(21)13-16-7-8-17-5-3-4-6-18(17)12-16/h3-12,20-21H,13H2,1-2H3. The first-order chi connectivity index (χ1) is 10.1. The van der Waals surface area contributed by atoms with E-state index >= 15 is 0 Å². The highest BCUT2D eigenvalue weighted by Gasteiger charge is 2.10. The Morgan fingerprint density at radius 3 is 2.19 bits per heavy atom. The summed E-state index contributed by atoms with van der Waals surface area (Å²) in [6, 6.07) is 21.0. The van der Waals surface area contributed by atoms with Crippen LogP contribution in [0.2, 0.25) is 0 Å². The van der Waals surface area contributed by atoms with Crippen molar-refractivity contribution in [2.24, 2.45) is 0 Å². The van der Waals surface area contributed by atoms with Crippen molar-refractivity contribution in [2.45, 2.75) is 26.4 Å². The van der Waals surface area contributed by atoms with Gasteiger partial charge in [-0.05, 0) is 35.7 Å². The molecule has 0 amide bonds. The first-order valence-corrected chi connectivity index (χ1v) is 7.36. The molecular formula is C20H20O. The fraction of sp³-hybridized carbons (Fsp3) is 0.200. The number of hydrogen-bond acceptors (Lipinski definition) is 1. The fourth-order valence-corrected chi connectivity index (χ4v) is 2.91. The summed E-state index contributed by atoms with van der Waals surface area (Å²) < 4.78 is 0. The molecule has 0 bridgehead atoms. The fourth-order valence-electron chi connectivity index (χ4n) is 2.91. The van der Waals surface area contributed by atoms with Crippen molar-refractivity contribution in [3.63, 3.8) is 0 Å². The van der Waals surface area contributed by atoms with Crippen molar-refractivity contribution in [3.8, 4) is 0 Å². The van der Waals surface area contributed by atoms with Crippen LogP contribution in [0.15, 0.2) is 60.7 Å². The zero-order valence-electron chi connectivity index (χ0n) is 12.5. The molecule has 0 aliphatic rings. The monoisotopic (exact) mass is 276 g/mol. The molecule has 0 aliphatic heterocycles. The van der Waals surface area contributed by atoms with Gasteiger partial charge < -0.3 is 5.11 Å². The van der Waals surface area contributed by atoms with Crippen molar-refractivity contribution in [1.29, 1.82) is 0 Å². The Morgan fingerprint density at radius 1 is 0.810 bits per heavy atom. The summed E-state index contributed by atoms with van der Waals surface area (Å²) >= 11 is 0. The molecule has 0 radical (unpaired) electrons. The van der Waals surface area contributed by atoms with Gasteiger partial charge in [0.05, 0.1) is 6.10 Å². The molecule has 0 heterocycles. The third-order valence-electron chi connectivity index (χ3n) is 3.87. The minimum Gasteiger partial charge on any atom is -0.388 e. The van der Waals surface area contributed by atoms with Crippen LogP contribution in [-0.2, 0) is 6.42 Å². The predicted octanol–water partition coefficient (Wildman–Crippen LogP) is 4.73. The molecule has 0 saturated carbocycles. The Bertz CT molecular complexity index is 753. The van der Waals surface area contributed by atoms with Crippen LogP contribution in [-0.4, -0.2) is 5.11 Å². The molecular weight excluding hydrogens is 256 g/mol. The van der Waals surface area contributed by atoms with Crippen LogP contribution >= 0.6 is 0 Å². The van der Waals surface area contributed by atoms with Gasteiger partial charge in [-0.2, -0.15) is 0 Å². The van der Waals surface area contributed by atoms with Crippen molar-refractivity contribution < 1.29 is 5.11 Å². The highest BCUT2D eigenvalue weighted by molar-refractivity contribution is 5.83. The van der Waals surface area contributed by atoms with E-state index in [-0.39, 0.29) is 0 Å². The topological polar surface area (TPSA) is 20.2 Å². The Labute approximate surface area is 125 Å². The van der Waals surface area contributed by atoms with Crippen LogP contribution in [0.1, 0.15) is 28.4 Å². The average molecular weight is 276 g/mol. The molecule has 3 aromatic carbocycles. The van der Waals surface area contributed by atoms with Gasteiger partial charge in [0.15, 0.2) is 0 Å². The molecule has 0 fully saturated rings. The molecule has 0 aliphatic carbocycles. The van der Waals surface area contributed by atoms with Gasteiger partial charge in [-0.3, -0.25) is 0 Å². The Hall–Kier alpha value is -2.12. The Balaban J connectivity index is 1.86. The molecule has 0 aromatic heterocycles. The lowest BCUT2D eigenvalue weighted by molar-refractivity contribution is 0.178. The summed E-state index contributed by atoms with van der Waals surface area (Å²) in [4.78, 5) is 0. The van der Waals surface area contributed by atoms with E-state index < -0.39 is 6.10 Å². The maximum atomic E-state index is 10.5. The first kappa shape index (κ1) is 13.8. The summed E-state index contributed by atoms with van der Waals surface area (Å²) in [6.45, 7) is 4.14. The van der Waals surface area contributed by atoms with E-state index in [1.165, 1.54) is 27.5 Å². The third-order valence-corrected chi connectivity index (χ3v) is 3.87. The number of aliphatic hydroxyl groups is 1. The van der Waals surface area contributed by atoms with Crippen LogP contribution in [0, 0.1) is 13.8 Å². The molecule has 1 nitrogen and oxygen atoms in total. The van der Waals surface area contributed by atoms with Gasteiger partial charge >= 0.3 is 0 Å². The molecule has 1 unspecified atom stereocenters. The second kappa shape index (κ2) is 5.71. The van der Waals surface area contributed by atoms with Gasteiger partial charge in [0.25, 0.3) is 0 Å². The van der Waals surface area contributed by atoms with E-state index in [1.807, 2.05) is 12.1 Å². The molecule has 1 atom stereocenters. The van der Waals surface area contributed by atoms with E-state index in [9.17, 15) is 5.11 Å². The quantitative estimate of drug-likeness (QED) is 0.733. The molecule has 3 aromatic rings. The van der Waals surface area contributed by atoms with Crippen LogP contribution in [0.4, 0.5) is 0 Å². The number of fused-ring (bicyclic) bond motifs is 1. The van der Waals surface area contributed by atoms with Crippen LogP contribution < -0.4 is 0 Å². The normalized spacial score (nSPS) is 12.5. The van der Waals surface area contributed by atoms with Gasteiger partial charge in [0.2, 0.25) is 0 Å². The number of rotatable bonds is 3. The molecule has 21 heavy (non-hydrogen) atoms. The lowest BCUT2D eigenvalue weighted by atomic mass is 9.97.